The van der Waals surface area contributed by atoms with Gasteiger partial charge in [0, 0.05) is 6.04 Å². The smallest absolute Gasteiger partial charge is 0.328 e. The van der Waals surface area contributed by atoms with Crippen LogP contribution >= 0.6 is 23.2 Å². The molecule has 0 spiro atoms. The summed E-state index contributed by atoms with van der Waals surface area (Å²) in [6.07, 6.45) is 4.49. The predicted molar refractivity (Wildman–Crippen MR) is 119 cm³/mol. The first-order chi connectivity index (χ1) is 15.0. The molecule has 174 valence electrons. The fraction of sp³-hybridized carbons (Fsp3) is 0.591. The number of urea groups is 1. The summed E-state index contributed by atoms with van der Waals surface area (Å²) in [5.74, 6) is -1.24. The van der Waals surface area contributed by atoms with E-state index < -0.39 is 29.6 Å². The van der Waals surface area contributed by atoms with Gasteiger partial charge in [0.05, 0.1) is 27.8 Å². The lowest BCUT2D eigenvalue weighted by atomic mass is 9.65. The summed E-state index contributed by atoms with van der Waals surface area (Å²) in [6, 6.07) is 2.48. The number of halogens is 2. The van der Waals surface area contributed by atoms with Gasteiger partial charge in [-0.3, -0.25) is 4.79 Å². The van der Waals surface area contributed by atoms with E-state index in [2.05, 4.69) is 16.0 Å². The van der Waals surface area contributed by atoms with Gasteiger partial charge in [0.1, 0.15) is 6.04 Å². The van der Waals surface area contributed by atoms with Crippen molar-refractivity contribution in [1.29, 1.82) is 0 Å². The van der Waals surface area contributed by atoms with Crippen LogP contribution in [0.2, 0.25) is 10.0 Å². The number of carbonyl (C=O) groups excluding carboxylic acids is 2. The largest absolute Gasteiger partial charge is 0.480 e. The van der Waals surface area contributed by atoms with Gasteiger partial charge in [0.15, 0.2) is 0 Å². The summed E-state index contributed by atoms with van der Waals surface area (Å²) < 4.78 is 0. The molecule has 4 fully saturated rings. The van der Waals surface area contributed by atoms with Crippen molar-refractivity contribution < 1.29 is 24.6 Å². The Morgan fingerprint density at radius 3 is 2.44 bits per heavy atom. The van der Waals surface area contributed by atoms with Gasteiger partial charge in [-0.15, -0.1) is 0 Å². The zero-order chi connectivity index (χ0) is 23.3. The van der Waals surface area contributed by atoms with Crippen molar-refractivity contribution in [3.8, 4) is 0 Å². The third kappa shape index (κ3) is 4.16. The maximum atomic E-state index is 12.5. The molecule has 0 heterocycles. The van der Waals surface area contributed by atoms with E-state index in [0.29, 0.717) is 18.3 Å². The number of amides is 3. The van der Waals surface area contributed by atoms with Crippen LogP contribution in [0.4, 0.5) is 4.79 Å². The van der Waals surface area contributed by atoms with E-state index in [1.165, 1.54) is 12.1 Å². The van der Waals surface area contributed by atoms with Gasteiger partial charge >= 0.3 is 12.0 Å². The van der Waals surface area contributed by atoms with Crippen molar-refractivity contribution in [3.05, 3.63) is 33.8 Å². The number of carbonyl (C=O) groups is 3. The normalized spacial score (nSPS) is 31.8. The van der Waals surface area contributed by atoms with E-state index in [-0.39, 0.29) is 33.6 Å². The number of benzene rings is 1. The molecule has 1 aromatic carbocycles. The van der Waals surface area contributed by atoms with Crippen molar-refractivity contribution in [2.75, 3.05) is 6.54 Å². The molecule has 4 bridgehead atoms. The average molecular weight is 484 g/mol. The first-order valence-electron chi connectivity index (χ1n) is 10.8. The van der Waals surface area contributed by atoms with E-state index in [4.69, 9.17) is 23.2 Å². The number of carboxylic acids is 1. The van der Waals surface area contributed by atoms with Crippen LogP contribution < -0.4 is 16.0 Å². The van der Waals surface area contributed by atoms with E-state index >= 15 is 0 Å². The van der Waals surface area contributed by atoms with E-state index in [0.717, 1.165) is 25.7 Å². The quantitative estimate of drug-likeness (QED) is 0.407. The minimum atomic E-state index is -1.37. The van der Waals surface area contributed by atoms with Gasteiger partial charge in [0.25, 0.3) is 5.91 Å². The second-order valence-electron chi connectivity index (χ2n) is 9.59. The van der Waals surface area contributed by atoms with Gasteiger partial charge in [-0.25, -0.2) is 9.59 Å². The highest BCUT2D eigenvalue weighted by molar-refractivity contribution is 6.39. The minimum Gasteiger partial charge on any atom is -0.480 e. The Hall–Kier alpha value is -2.03. The van der Waals surface area contributed by atoms with Crippen LogP contribution in [0.25, 0.3) is 0 Å². The fourth-order valence-corrected chi connectivity index (χ4v) is 6.74. The number of hydrogen-bond acceptors (Lipinski definition) is 4. The maximum Gasteiger partial charge on any atom is 0.328 e. The Morgan fingerprint density at radius 2 is 1.84 bits per heavy atom. The SMILES string of the molecule is CC(NC(=O)NCC(NC(=O)c1c(Cl)cccc1Cl)C(=O)O)C12CC3CC(C1)C(O)(C3)C2. The highest BCUT2D eigenvalue weighted by Crippen LogP contribution is 2.67. The molecule has 6 unspecified atom stereocenters. The van der Waals surface area contributed by atoms with Crippen molar-refractivity contribution in [2.45, 2.75) is 56.7 Å². The van der Waals surface area contributed by atoms with Crippen molar-refractivity contribution in [2.24, 2.45) is 17.3 Å². The molecule has 32 heavy (non-hydrogen) atoms. The van der Waals surface area contributed by atoms with Crippen LogP contribution in [0, 0.1) is 17.3 Å². The van der Waals surface area contributed by atoms with Crippen molar-refractivity contribution in [1.82, 2.24) is 16.0 Å². The van der Waals surface area contributed by atoms with Crippen LogP contribution in [0.15, 0.2) is 18.2 Å². The molecule has 10 heteroatoms. The van der Waals surface area contributed by atoms with Crippen LogP contribution in [0.3, 0.4) is 0 Å². The zero-order valence-corrected chi connectivity index (χ0v) is 19.2. The first-order valence-corrected chi connectivity index (χ1v) is 11.5. The molecular formula is C22H27Cl2N3O5. The molecule has 0 radical (unpaired) electrons. The maximum absolute atomic E-state index is 12.5. The monoisotopic (exact) mass is 483 g/mol. The minimum absolute atomic E-state index is 0.0242. The van der Waals surface area contributed by atoms with E-state index in [1.807, 2.05) is 6.92 Å². The van der Waals surface area contributed by atoms with Gasteiger partial charge in [0.2, 0.25) is 0 Å². The molecule has 8 nitrogen and oxygen atoms in total. The third-order valence-electron chi connectivity index (χ3n) is 7.55. The molecular weight excluding hydrogens is 457 g/mol. The average Bonchev–Trinajstić information content (AvgIpc) is 3.04. The molecule has 4 saturated carbocycles. The van der Waals surface area contributed by atoms with Gasteiger partial charge < -0.3 is 26.2 Å². The van der Waals surface area contributed by atoms with Crippen LogP contribution in [0.1, 0.15) is 49.4 Å². The standard InChI is InChI=1S/C22H27Cl2N3O5/c1-11(21-6-12-5-13(8-21)22(32,7-12)10-21)26-20(31)25-9-16(19(29)30)27-18(28)17-14(23)3-2-4-15(17)24/h2-4,11-13,16,32H,5-10H2,1H3,(H,27,28)(H,29,30)(H2,25,26,31). The Morgan fingerprint density at radius 1 is 1.16 bits per heavy atom. The molecule has 6 atom stereocenters. The highest BCUT2D eigenvalue weighted by Gasteiger charge is 2.64. The van der Waals surface area contributed by atoms with E-state index in [1.54, 1.807) is 6.07 Å². The summed E-state index contributed by atoms with van der Waals surface area (Å²) in [5.41, 5.74) is -0.753. The number of aliphatic hydroxyl groups is 1. The summed E-state index contributed by atoms with van der Waals surface area (Å²) in [6.45, 7) is 1.62. The second-order valence-corrected chi connectivity index (χ2v) is 10.4. The predicted octanol–water partition coefficient (Wildman–Crippen LogP) is 2.81. The second kappa shape index (κ2) is 8.39. The van der Waals surface area contributed by atoms with Crippen molar-refractivity contribution in [3.63, 3.8) is 0 Å². The molecule has 3 amide bonds. The Labute approximate surface area is 196 Å². The number of nitrogens with one attached hydrogen (secondary N) is 3. The lowest BCUT2D eigenvalue weighted by Gasteiger charge is -2.43. The Bertz CT molecular complexity index is 939. The molecule has 0 aromatic heterocycles. The highest BCUT2D eigenvalue weighted by atomic mass is 35.5. The lowest BCUT2D eigenvalue weighted by Crippen LogP contribution is -2.54. The number of hydrogen-bond donors (Lipinski definition) is 5. The third-order valence-corrected chi connectivity index (χ3v) is 8.18. The van der Waals surface area contributed by atoms with Gasteiger partial charge in [-0.05, 0) is 68.4 Å². The lowest BCUT2D eigenvalue weighted by molar-refractivity contribution is -0.139. The molecule has 0 saturated heterocycles. The molecule has 4 aliphatic carbocycles. The first kappa shape index (κ1) is 23.1. The molecule has 4 aliphatic rings. The van der Waals surface area contributed by atoms with Crippen LogP contribution in [-0.2, 0) is 4.79 Å². The zero-order valence-electron chi connectivity index (χ0n) is 17.7. The Kier molecular flexibility index (Phi) is 6.07. The van der Waals surface area contributed by atoms with Gasteiger partial charge in [-0.1, -0.05) is 29.3 Å². The van der Waals surface area contributed by atoms with E-state index in [9.17, 15) is 24.6 Å². The molecule has 5 N–H and O–H groups in total. The van der Waals surface area contributed by atoms with Crippen LogP contribution in [-0.4, -0.2) is 52.4 Å². The van der Waals surface area contributed by atoms with Crippen molar-refractivity contribution >= 4 is 41.1 Å². The summed E-state index contributed by atoms with van der Waals surface area (Å²) in [4.78, 5) is 36.6. The molecule has 1 aromatic rings. The number of aliphatic carboxylic acids is 1. The van der Waals surface area contributed by atoms with Gasteiger partial charge in [-0.2, -0.15) is 0 Å². The van der Waals surface area contributed by atoms with Crippen LogP contribution in [0.5, 0.6) is 0 Å². The summed E-state index contributed by atoms with van der Waals surface area (Å²) in [5, 5.41) is 28.3. The molecule has 0 aliphatic heterocycles. The molecule has 5 rings (SSSR count). The Balaban J connectivity index is 1.33. The number of carboxylic acid groups (broad SMARTS) is 1. The summed E-state index contributed by atoms with van der Waals surface area (Å²) in [7, 11) is 0. The topological polar surface area (TPSA) is 128 Å². The fourth-order valence-electron chi connectivity index (χ4n) is 6.17. The number of rotatable bonds is 7. The summed E-state index contributed by atoms with van der Waals surface area (Å²) >= 11 is 12.0.